The number of carboxylic acids is 1. The predicted molar refractivity (Wildman–Crippen MR) is 69.7 cm³/mol. The van der Waals surface area contributed by atoms with E-state index in [-0.39, 0.29) is 0 Å². The Hall–Kier alpha value is -1.31. The van der Waals surface area contributed by atoms with Gasteiger partial charge in [0.1, 0.15) is 11.6 Å². The van der Waals surface area contributed by atoms with E-state index in [4.69, 9.17) is 9.84 Å². The van der Waals surface area contributed by atoms with Crippen molar-refractivity contribution in [3.63, 3.8) is 0 Å². The molecule has 0 saturated heterocycles. The minimum atomic E-state index is -3.69. The van der Waals surface area contributed by atoms with Gasteiger partial charge in [-0.25, -0.2) is 18.0 Å². The van der Waals surface area contributed by atoms with Gasteiger partial charge in [0.25, 0.3) is 0 Å². The lowest BCUT2D eigenvalue weighted by Crippen LogP contribution is -2.58. The Morgan fingerprint density at radius 1 is 1.16 bits per heavy atom. The average molecular weight is 295 g/mol. The third-order valence-electron chi connectivity index (χ3n) is 2.56. The Bertz CT molecular complexity index is 460. The van der Waals surface area contributed by atoms with Crippen LogP contribution >= 0.6 is 0 Å². The molecule has 1 unspecified atom stereocenters. The van der Waals surface area contributed by atoms with E-state index in [9.17, 15) is 18.0 Å². The molecule has 0 spiro atoms. The van der Waals surface area contributed by atoms with Gasteiger partial charge in [-0.1, -0.05) is 0 Å². The van der Waals surface area contributed by atoms with Crippen LogP contribution in [0, 0.1) is 0 Å². The topological polar surface area (TPSA) is 110 Å². The molecule has 1 amide bonds. The number of rotatable bonds is 4. The molecule has 0 aromatic rings. The summed E-state index contributed by atoms with van der Waals surface area (Å²) in [5.74, 6) is -1.44. The van der Waals surface area contributed by atoms with E-state index < -0.39 is 38.3 Å². The zero-order valence-corrected chi connectivity index (χ0v) is 12.8. The van der Waals surface area contributed by atoms with Gasteiger partial charge in [0.05, 0.1) is 4.75 Å². The van der Waals surface area contributed by atoms with Crippen molar-refractivity contribution in [2.75, 3.05) is 6.26 Å². The molecule has 0 aliphatic carbocycles. The molecule has 0 aromatic carbocycles. The van der Waals surface area contributed by atoms with Crippen LogP contribution in [-0.2, 0) is 19.4 Å². The van der Waals surface area contributed by atoms with Gasteiger partial charge in [-0.15, -0.1) is 0 Å². The van der Waals surface area contributed by atoms with Gasteiger partial charge in [-0.05, 0) is 34.6 Å². The molecule has 112 valence electrons. The van der Waals surface area contributed by atoms with Crippen LogP contribution in [0.5, 0.6) is 0 Å². The molecular formula is C11H21NO6S. The van der Waals surface area contributed by atoms with Crippen LogP contribution in [0.15, 0.2) is 0 Å². The Kier molecular flexibility index (Phi) is 4.99. The number of alkyl carbamates (subject to hydrolysis) is 1. The first kappa shape index (κ1) is 17.7. The molecule has 0 aromatic heterocycles. The third kappa shape index (κ3) is 5.06. The summed E-state index contributed by atoms with van der Waals surface area (Å²) in [4.78, 5) is 22.7. The van der Waals surface area contributed by atoms with E-state index in [0.717, 1.165) is 6.26 Å². The van der Waals surface area contributed by atoms with Crippen molar-refractivity contribution in [1.82, 2.24) is 5.32 Å². The zero-order valence-electron chi connectivity index (χ0n) is 12.0. The quantitative estimate of drug-likeness (QED) is 0.793. The summed E-state index contributed by atoms with van der Waals surface area (Å²) in [6.07, 6.45) is -0.0590. The van der Waals surface area contributed by atoms with Crippen LogP contribution in [0.2, 0.25) is 0 Å². The normalized spacial score (nSPS) is 14.6. The van der Waals surface area contributed by atoms with Crippen LogP contribution in [0.3, 0.4) is 0 Å². The Labute approximate surface area is 113 Å². The first-order valence-corrected chi connectivity index (χ1v) is 7.49. The van der Waals surface area contributed by atoms with Gasteiger partial charge in [0.15, 0.2) is 9.84 Å². The summed E-state index contributed by atoms with van der Waals surface area (Å²) < 4.78 is 26.5. The van der Waals surface area contributed by atoms with Gasteiger partial charge in [-0.3, -0.25) is 0 Å². The van der Waals surface area contributed by atoms with Crippen LogP contribution in [0.4, 0.5) is 4.79 Å². The number of sulfone groups is 1. The maximum Gasteiger partial charge on any atom is 0.408 e. The number of ether oxygens (including phenoxy) is 1. The van der Waals surface area contributed by atoms with Crippen molar-refractivity contribution >= 4 is 21.9 Å². The Morgan fingerprint density at radius 3 is 1.84 bits per heavy atom. The molecule has 0 aliphatic heterocycles. The number of aliphatic carboxylic acids is 1. The molecule has 0 bridgehead atoms. The molecule has 0 fully saturated rings. The smallest absolute Gasteiger partial charge is 0.408 e. The standard InChI is InChI=1S/C11H21NO6S/c1-10(2,3)18-9(15)12-7(8(13)14)11(4,5)19(6,16)17/h7H,1-6H3,(H,12,15)(H,13,14). The summed E-state index contributed by atoms with van der Waals surface area (Å²) in [6.45, 7) is 7.31. The van der Waals surface area contributed by atoms with Crippen molar-refractivity contribution in [2.45, 2.75) is 51.0 Å². The first-order chi connectivity index (χ1) is 8.18. The number of hydrogen-bond acceptors (Lipinski definition) is 5. The molecule has 2 N–H and O–H groups in total. The number of amides is 1. The average Bonchev–Trinajstić information content (AvgIpc) is 2.08. The maximum absolute atomic E-state index is 11.6. The summed E-state index contributed by atoms with van der Waals surface area (Å²) in [6, 6.07) is -1.60. The fourth-order valence-corrected chi connectivity index (χ4v) is 1.76. The zero-order chi connectivity index (χ0) is 15.6. The number of carbonyl (C=O) groups excluding carboxylic acids is 1. The van der Waals surface area contributed by atoms with E-state index >= 15 is 0 Å². The predicted octanol–water partition coefficient (Wildman–Crippen LogP) is 0.787. The number of nitrogens with one attached hydrogen (secondary N) is 1. The first-order valence-electron chi connectivity index (χ1n) is 5.60. The number of carbonyl (C=O) groups is 2. The van der Waals surface area contributed by atoms with Gasteiger partial charge >= 0.3 is 12.1 Å². The molecule has 0 heterocycles. The Balaban J connectivity index is 5.19. The lowest BCUT2D eigenvalue weighted by Gasteiger charge is -2.30. The van der Waals surface area contributed by atoms with Crippen LogP contribution in [-0.4, -0.2) is 48.2 Å². The molecule has 8 heteroatoms. The van der Waals surface area contributed by atoms with E-state index in [1.807, 2.05) is 0 Å². The molecule has 7 nitrogen and oxygen atoms in total. The summed E-state index contributed by atoms with van der Waals surface area (Å²) in [5, 5.41) is 11.2. The Morgan fingerprint density at radius 2 is 1.58 bits per heavy atom. The van der Waals surface area contributed by atoms with E-state index in [1.54, 1.807) is 20.8 Å². The lowest BCUT2D eigenvalue weighted by atomic mass is 10.0. The summed E-state index contributed by atoms with van der Waals surface area (Å²) in [7, 11) is -3.69. The minimum Gasteiger partial charge on any atom is -0.480 e. The lowest BCUT2D eigenvalue weighted by molar-refractivity contribution is -0.140. The molecule has 19 heavy (non-hydrogen) atoms. The highest BCUT2D eigenvalue weighted by molar-refractivity contribution is 7.92. The van der Waals surface area contributed by atoms with E-state index in [1.165, 1.54) is 13.8 Å². The number of hydrogen-bond donors (Lipinski definition) is 2. The summed E-state index contributed by atoms with van der Waals surface area (Å²) >= 11 is 0. The highest BCUT2D eigenvalue weighted by atomic mass is 32.2. The van der Waals surface area contributed by atoms with Crippen molar-refractivity contribution in [2.24, 2.45) is 0 Å². The second-order valence-corrected chi connectivity index (χ2v) is 8.39. The van der Waals surface area contributed by atoms with Crippen LogP contribution < -0.4 is 5.32 Å². The highest BCUT2D eigenvalue weighted by Gasteiger charge is 2.45. The summed E-state index contributed by atoms with van der Waals surface area (Å²) in [5.41, 5.74) is -0.803. The third-order valence-corrected chi connectivity index (χ3v) is 4.71. The molecule has 0 radical (unpaired) electrons. The van der Waals surface area contributed by atoms with Gasteiger partial charge in [-0.2, -0.15) is 0 Å². The molecule has 0 aliphatic rings. The molecule has 1 atom stereocenters. The SMILES string of the molecule is CC(C)(C)OC(=O)NC(C(=O)O)C(C)(C)S(C)(=O)=O. The monoisotopic (exact) mass is 295 g/mol. The fourth-order valence-electron chi connectivity index (χ4n) is 1.17. The molecule has 0 saturated carbocycles. The second-order valence-electron chi connectivity index (χ2n) is 5.79. The van der Waals surface area contributed by atoms with Crippen molar-refractivity contribution in [3.05, 3.63) is 0 Å². The number of carboxylic acid groups (broad SMARTS) is 1. The molecular weight excluding hydrogens is 274 g/mol. The minimum absolute atomic E-state index is 0.803. The van der Waals surface area contributed by atoms with Gasteiger partial charge < -0.3 is 15.2 Å². The molecule has 0 rings (SSSR count). The van der Waals surface area contributed by atoms with Crippen LogP contribution in [0.25, 0.3) is 0 Å². The van der Waals surface area contributed by atoms with Gasteiger partial charge in [0.2, 0.25) is 0 Å². The van der Waals surface area contributed by atoms with E-state index in [2.05, 4.69) is 5.32 Å². The fraction of sp³-hybridized carbons (Fsp3) is 0.818. The van der Waals surface area contributed by atoms with Gasteiger partial charge in [0, 0.05) is 6.26 Å². The highest BCUT2D eigenvalue weighted by Crippen LogP contribution is 2.21. The van der Waals surface area contributed by atoms with Crippen molar-refractivity contribution in [3.8, 4) is 0 Å². The maximum atomic E-state index is 11.6. The van der Waals surface area contributed by atoms with E-state index in [0.29, 0.717) is 0 Å². The van der Waals surface area contributed by atoms with Crippen LogP contribution in [0.1, 0.15) is 34.6 Å². The van der Waals surface area contributed by atoms with Crippen molar-refractivity contribution in [1.29, 1.82) is 0 Å². The largest absolute Gasteiger partial charge is 0.480 e. The second kappa shape index (κ2) is 5.36. The van der Waals surface area contributed by atoms with Crippen molar-refractivity contribution < 1.29 is 27.9 Å².